The van der Waals surface area contributed by atoms with E-state index in [9.17, 15) is 15.0 Å². The maximum atomic E-state index is 12.5. The van der Waals surface area contributed by atoms with Gasteiger partial charge in [-0.15, -0.1) is 0 Å². The summed E-state index contributed by atoms with van der Waals surface area (Å²) in [7, 11) is 0. The van der Waals surface area contributed by atoms with E-state index in [1.54, 1.807) is 12.1 Å². The molecular weight excluding hydrogens is 524 g/mol. The van der Waals surface area contributed by atoms with Crippen molar-refractivity contribution in [2.75, 3.05) is 18.1 Å². The highest BCUT2D eigenvalue weighted by atomic mass is 16.5. The lowest BCUT2D eigenvalue weighted by molar-refractivity contribution is 0.0185. The Hall–Kier alpha value is -4.91. The lowest BCUT2D eigenvalue weighted by Gasteiger charge is -2.26. The number of hydrogen-bond donors (Lipinski definition) is 3. The highest BCUT2D eigenvalue weighted by Gasteiger charge is 2.29. The maximum absolute atomic E-state index is 12.5. The van der Waals surface area contributed by atoms with Crippen molar-refractivity contribution in [3.8, 4) is 11.1 Å². The number of hydrogen-bond acceptors (Lipinski definition) is 5. The summed E-state index contributed by atoms with van der Waals surface area (Å²) in [5.74, 6) is -0.0523. The Labute approximate surface area is 245 Å². The molecule has 0 fully saturated rings. The van der Waals surface area contributed by atoms with Crippen LogP contribution in [0.2, 0.25) is 0 Å². The van der Waals surface area contributed by atoms with Crippen LogP contribution in [0.5, 0.6) is 0 Å². The van der Waals surface area contributed by atoms with Crippen molar-refractivity contribution >= 4 is 23.2 Å². The second kappa shape index (κ2) is 12.3. The van der Waals surface area contributed by atoms with E-state index in [0.29, 0.717) is 5.56 Å². The molecule has 2 unspecified atom stereocenters. The minimum absolute atomic E-state index is 0.0523. The number of para-hydroxylation sites is 2. The average Bonchev–Trinajstić information content (AvgIpc) is 3.37. The van der Waals surface area contributed by atoms with E-state index in [1.165, 1.54) is 0 Å². The van der Waals surface area contributed by atoms with Gasteiger partial charge in [0, 0.05) is 29.5 Å². The molecule has 1 aliphatic carbocycles. The molecule has 0 aromatic heterocycles. The minimum Gasteiger partial charge on any atom is -0.449 e. The largest absolute Gasteiger partial charge is 0.449 e. The van der Waals surface area contributed by atoms with Crippen molar-refractivity contribution in [3.63, 3.8) is 0 Å². The molecule has 2 atom stereocenters. The summed E-state index contributed by atoms with van der Waals surface area (Å²) >= 11 is 0. The SMILES string of the molecule is O=C(NCC(O)C(O)c1ccc(N(c2ccccc2)c2ccccc2)cc1)OCC1c2ccccc2-c2ccccc21. The summed E-state index contributed by atoms with van der Waals surface area (Å²) in [6, 6.07) is 43.7. The number of anilines is 3. The molecular formula is C36H32N2O4. The Bertz CT molecular complexity index is 1560. The molecule has 210 valence electrons. The molecule has 5 aromatic carbocycles. The van der Waals surface area contributed by atoms with Gasteiger partial charge in [0.05, 0.1) is 0 Å². The number of benzene rings is 5. The summed E-state index contributed by atoms with van der Waals surface area (Å²) in [6.45, 7) is 0.0268. The van der Waals surface area contributed by atoms with Gasteiger partial charge in [0.2, 0.25) is 0 Å². The van der Waals surface area contributed by atoms with E-state index in [2.05, 4.69) is 34.5 Å². The monoisotopic (exact) mass is 556 g/mol. The van der Waals surface area contributed by atoms with E-state index in [4.69, 9.17) is 4.74 Å². The quantitative estimate of drug-likeness (QED) is 0.181. The van der Waals surface area contributed by atoms with Gasteiger partial charge >= 0.3 is 6.09 Å². The summed E-state index contributed by atoms with van der Waals surface area (Å²) in [4.78, 5) is 14.7. The van der Waals surface area contributed by atoms with Crippen molar-refractivity contribution in [1.29, 1.82) is 0 Å². The first-order valence-electron chi connectivity index (χ1n) is 14.1. The Morgan fingerprint density at radius 3 is 1.69 bits per heavy atom. The Balaban J connectivity index is 1.07. The molecule has 0 bridgehead atoms. The van der Waals surface area contributed by atoms with Crippen molar-refractivity contribution in [1.82, 2.24) is 5.32 Å². The molecule has 0 saturated carbocycles. The van der Waals surface area contributed by atoms with Gasteiger partial charge in [0.25, 0.3) is 0 Å². The first-order valence-corrected chi connectivity index (χ1v) is 14.1. The van der Waals surface area contributed by atoms with Gasteiger partial charge in [-0.05, 0) is 64.2 Å². The highest BCUT2D eigenvalue weighted by Crippen LogP contribution is 2.44. The number of carbonyl (C=O) groups excluding carboxylic acids is 1. The van der Waals surface area contributed by atoms with Crippen LogP contribution in [0.4, 0.5) is 21.9 Å². The van der Waals surface area contributed by atoms with Crippen LogP contribution in [0.3, 0.4) is 0 Å². The third-order valence-corrected chi connectivity index (χ3v) is 7.69. The first-order chi connectivity index (χ1) is 20.6. The van der Waals surface area contributed by atoms with E-state index < -0.39 is 18.3 Å². The summed E-state index contributed by atoms with van der Waals surface area (Å²) in [6.07, 6.45) is -3.04. The predicted molar refractivity (Wildman–Crippen MR) is 165 cm³/mol. The third kappa shape index (κ3) is 5.63. The first kappa shape index (κ1) is 27.3. The minimum atomic E-state index is -1.21. The van der Waals surface area contributed by atoms with Crippen LogP contribution in [-0.4, -0.2) is 35.6 Å². The van der Waals surface area contributed by atoms with Crippen LogP contribution in [0, 0.1) is 0 Å². The number of amides is 1. The number of rotatable bonds is 9. The lowest BCUT2D eigenvalue weighted by Crippen LogP contribution is -2.36. The molecule has 0 radical (unpaired) electrons. The van der Waals surface area contributed by atoms with Crippen LogP contribution >= 0.6 is 0 Å². The number of ether oxygens (including phenoxy) is 1. The van der Waals surface area contributed by atoms with Crippen molar-refractivity contribution < 1.29 is 19.7 Å². The molecule has 0 saturated heterocycles. The van der Waals surface area contributed by atoms with Crippen LogP contribution in [-0.2, 0) is 4.74 Å². The molecule has 0 heterocycles. The van der Waals surface area contributed by atoms with Gasteiger partial charge < -0.3 is 25.2 Å². The fourth-order valence-electron chi connectivity index (χ4n) is 5.59. The van der Waals surface area contributed by atoms with E-state index >= 15 is 0 Å². The van der Waals surface area contributed by atoms with Gasteiger partial charge in [-0.2, -0.15) is 0 Å². The fourth-order valence-corrected chi connectivity index (χ4v) is 5.59. The van der Waals surface area contributed by atoms with E-state index in [-0.39, 0.29) is 19.1 Å². The van der Waals surface area contributed by atoms with E-state index in [1.807, 2.05) is 97.1 Å². The Kier molecular flexibility index (Phi) is 7.99. The zero-order valence-electron chi connectivity index (χ0n) is 23.0. The van der Waals surface area contributed by atoms with Gasteiger partial charge in [0.15, 0.2) is 0 Å². The summed E-state index contributed by atoms with van der Waals surface area (Å²) in [5.41, 5.74) is 8.03. The highest BCUT2D eigenvalue weighted by molar-refractivity contribution is 5.79. The molecule has 42 heavy (non-hydrogen) atoms. The molecule has 6 heteroatoms. The topological polar surface area (TPSA) is 82.0 Å². The van der Waals surface area contributed by atoms with Crippen LogP contribution in [0.25, 0.3) is 11.1 Å². The number of carbonyl (C=O) groups is 1. The predicted octanol–water partition coefficient (Wildman–Crippen LogP) is 7.09. The number of alkyl carbamates (subject to hydrolysis) is 1. The third-order valence-electron chi connectivity index (χ3n) is 7.69. The van der Waals surface area contributed by atoms with Gasteiger partial charge in [-0.1, -0.05) is 97.1 Å². The molecule has 6 nitrogen and oxygen atoms in total. The van der Waals surface area contributed by atoms with Crippen molar-refractivity contribution in [2.45, 2.75) is 18.1 Å². The number of aliphatic hydroxyl groups excluding tert-OH is 2. The van der Waals surface area contributed by atoms with Crippen LogP contribution in [0.15, 0.2) is 133 Å². The number of fused-ring (bicyclic) bond motifs is 3. The van der Waals surface area contributed by atoms with Gasteiger partial charge in [0.1, 0.15) is 18.8 Å². The zero-order valence-corrected chi connectivity index (χ0v) is 23.0. The summed E-state index contributed by atoms with van der Waals surface area (Å²) < 4.78 is 5.55. The van der Waals surface area contributed by atoms with Gasteiger partial charge in [-0.25, -0.2) is 4.79 Å². The molecule has 1 aliphatic rings. The molecule has 3 N–H and O–H groups in total. The van der Waals surface area contributed by atoms with Crippen molar-refractivity contribution in [3.05, 3.63) is 150 Å². The van der Waals surface area contributed by atoms with Gasteiger partial charge in [-0.3, -0.25) is 0 Å². The Morgan fingerprint density at radius 2 is 1.14 bits per heavy atom. The maximum Gasteiger partial charge on any atom is 0.407 e. The smallest absolute Gasteiger partial charge is 0.407 e. The fraction of sp³-hybridized carbons (Fsp3) is 0.139. The lowest BCUT2D eigenvalue weighted by atomic mass is 9.98. The second-order valence-electron chi connectivity index (χ2n) is 10.3. The number of nitrogens with zero attached hydrogens (tertiary/aromatic N) is 1. The second-order valence-corrected chi connectivity index (χ2v) is 10.3. The molecule has 1 amide bonds. The van der Waals surface area contributed by atoms with Crippen LogP contribution in [0.1, 0.15) is 28.7 Å². The van der Waals surface area contributed by atoms with Crippen LogP contribution < -0.4 is 10.2 Å². The molecule has 6 rings (SSSR count). The number of aliphatic hydroxyl groups is 2. The molecule has 0 spiro atoms. The van der Waals surface area contributed by atoms with E-state index in [0.717, 1.165) is 39.3 Å². The summed E-state index contributed by atoms with van der Waals surface area (Å²) in [5, 5.41) is 24.1. The average molecular weight is 557 g/mol. The zero-order chi connectivity index (χ0) is 28.9. The number of nitrogens with one attached hydrogen (secondary N) is 1. The Morgan fingerprint density at radius 1 is 0.667 bits per heavy atom. The normalized spacial score (nSPS) is 13.5. The molecule has 0 aliphatic heterocycles. The standard InChI is InChI=1S/C36H32N2O4/c39-34(23-37-36(41)42-24-33-31-17-9-7-15-29(31)30-16-8-10-18-32(30)33)35(40)25-19-21-28(22-20-25)38(26-11-3-1-4-12-26)27-13-5-2-6-14-27/h1-22,33-35,39-40H,23-24H2,(H,37,41). The van der Waals surface area contributed by atoms with Crippen molar-refractivity contribution in [2.24, 2.45) is 0 Å². The molecule has 5 aromatic rings.